The van der Waals surface area contributed by atoms with E-state index in [2.05, 4.69) is 10.6 Å². The fourth-order valence-corrected chi connectivity index (χ4v) is 4.61. The van der Waals surface area contributed by atoms with Gasteiger partial charge >= 0.3 is 0 Å². The molecule has 7 heteroatoms. The van der Waals surface area contributed by atoms with E-state index in [1.165, 1.54) is 11.3 Å². The van der Waals surface area contributed by atoms with Crippen LogP contribution in [-0.2, 0) is 11.2 Å². The molecule has 2 amide bonds. The largest absolute Gasteiger partial charge is 0.497 e. The van der Waals surface area contributed by atoms with Gasteiger partial charge in [-0.05, 0) is 42.0 Å². The number of anilines is 2. The van der Waals surface area contributed by atoms with Gasteiger partial charge in [-0.25, -0.2) is 0 Å². The first-order valence-electron chi connectivity index (χ1n) is 9.55. The number of thiophene rings is 1. The molecule has 0 fully saturated rings. The van der Waals surface area contributed by atoms with Gasteiger partial charge in [0.25, 0.3) is 5.91 Å². The molecule has 31 heavy (non-hydrogen) atoms. The zero-order valence-corrected chi connectivity index (χ0v) is 18.2. The highest BCUT2D eigenvalue weighted by molar-refractivity contribution is 7.21. The zero-order chi connectivity index (χ0) is 21.8. The number of halogens is 1. The van der Waals surface area contributed by atoms with Gasteiger partial charge in [-0.2, -0.15) is 0 Å². The number of hydrogen-bond donors (Lipinski definition) is 2. The molecule has 156 valence electrons. The van der Waals surface area contributed by atoms with E-state index in [1.54, 1.807) is 31.4 Å². The molecule has 0 aliphatic carbocycles. The minimum atomic E-state index is -0.307. The Morgan fingerprint density at radius 2 is 1.68 bits per heavy atom. The molecule has 2 N–H and O–H groups in total. The molecule has 0 spiro atoms. The van der Waals surface area contributed by atoms with Crippen molar-refractivity contribution in [1.82, 2.24) is 0 Å². The summed E-state index contributed by atoms with van der Waals surface area (Å²) in [5, 5.41) is 6.93. The first kappa shape index (κ1) is 20.9. The fraction of sp³-hybridized carbons (Fsp3) is 0.0833. The lowest BCUT2D eigenvalue weighted by Gasteiger charge is -2.09. The molecule has 1 heterocycles. The van der Waals surface area contributed by atoms with Crippen LogP contribution in [0.2, 0.25) is 5.02 Å². The first-order valence-corrected chi connectivity index (χ1v) is 10.7. The van der Waals surface area contributed by atoms with Gasteiger partial charge in [0.2, 0.25) is 5.91 Å². The summed E-state index contributed by atoms with van der Waals surface area (Å²) in [6.45, 7) is 0. The second kappa shape index (κ2) is 9.20. The minimum Gasteiger partial charge on any atom is -0.497 e. The smallest absolute Gasteiger partial charge is 0.267 e. The topological polar surface area (TPSA) is 67.4 Å². The molecule has 0 bridgehead atoms. The average Bonchev–Trinajstić information content (AvgIpc) is 3.10. The molecule has 0 atom stereocenters. The Morgan fingerprint density at radius 3 is 2.42 bits per heavy atom. The zero-order valence-electron chi connectivity index (χ0n) is 16.6. The summed E-state index contributed by atoms with van der Waals surface area (Å²) in [5.41, 5.74) is 2.10. The van der Waals surface area contributed by atoms with E-state index in [9.17, 15) is 9.59 Å². The minimum absolute atomic E-state index is 0.129. The molecule has 0 unspecified atom stereocenters. The Kier molecular flexibility index (Phi) is 6.21. The number of ether oxygens (including phenoxy) is 1. The van der Waals surface area contributed by atoms with Crippen molar-refractivity contribution in [2.75, 3.05) is 17.7 Å². The second-order valence-electron chi connectivity index (χ2n) is 6.85. The Labute approximate surface area is 188 Å². The fourth-order valence-electron chi connectivity index (χ4n) is 3.17. The van der Waals surface area contributed by atoms with Crippen LogP contribution in [0.4, 0.5) is 11.4 Å². The van der Waals surface area contributed by atoms with E-state index in [4.69, 9.17) is 16.3 Å². The highest BCUT2D eigenvalue weighted by Crippen LogP contribution is 2.37. The van der Waals surface area contributed by atoms with Crippen LogP contribution in [0.5, 0.6) is 5.75 Å². The summed E-state index contributed by atoms with van der Waals surface area (Å²) < 4.78 is 6.11. The first-order chi connectivity index (χ1) is 15.0. The van der Waals surface area contributed by atoms with Gasteiger partial charge in [0, 0.05) is 21.5 Å². The van der Waals surface area contributed by atoms with Gasteiger partial charge in [0.1, 0.15) is 10.6 Å². The summed E-state index contributed by atoms with van der Waals surface area (Å²) in [7, 11) is 1.59. The van der Waals surface area contributed by atoms with Crippen LogP contribution in [0.25, 0.3) is 10.1 Å². The number of nitrogens with one attached hydrogen (secondary N) is 2. The van der Waals surface area contributed by atoms with E-state index >= 15 is 0 Å². The number of benzene rings is 3. The molecule has 0 aliphatic heterocycles. The number of fused-ring (bicyclic) bond motifs is 1. The predicted molar refractivity (Wildman–Crippen MR) is 127 cm³/mol. The van der Waals surface area contributed by atoms with Crippen molar-refractivity contribution >= 4 is 56.2 Å². The van der Waals surface area contributed by atoms with Gasteiger partial charge in [-0.1, -0.05) is 48.0 Å². The second-order valence-corrected chi connectivity index (χ2v) is 8.28. The number of carbonyl (C=O) groups is 2. The number of methoxy groups -OCH3 is 1. The molecular weight excluding hydrogens is 432 g/mol. The Hall–Kier alpha value is -3.35. The summed E-state index contributed by atoms with van der Waals surface area (Å²) in [5.74, 6) is 0.269. The number of amides is 2. The molecule has 1 aromatic heterocycles. The van der Waals surface area contributed by atoms with Gasteiger partial charge < -0.3 is 15.4 Å². The third kappa shape index (κ3) is 4.87. The van der Waals surface area contributed by atoms with Crippen molar-refractivity contribution in [1.29, 1.82) is 0 Å². The quantitative estimate of drug-likeness (QED) is 0.378. The number of rotatable bonds is 6. The molecule has 3 aromatic carbocycles. The summed E-state index contributed by atoms with van der Waals surface area (Å²) in [6.07, 6.45) is 0.276. The molecule has 0 saturated carbocycles. The van der Waals surface area contributed by atoms with E-state index in [1.807, 2.05) is 48.5 Å². The predicted octanol–water partition coefficient (Wildman–Crippen LogP) is 6.00. The lowest BCUT2D eigenvalue weighted by atomic mass is 10.1. The highest BCUT2D eigenvalue weighted by Gasteiger charge is 2.18. The van der Waals surface area contributed by atoms with Crippen LogP contribution in [0.1, 0.15) is 15.2 Å². The van der Waals surface area contributed by atoms with Crippen molar-refractivity contribution in [3.63, 3.8) is 0 Å². The van der Waals surface area contributed by atoms with E-state index < -0.39 is 0 Å². The molecule has 5 nitrogen and oxygen atoms in total. The molecule has 4 aromatic rings. The monoisotopic (exact) mass is 450 g/mol. The molecule has 0 aliphatic rings. The normalized spacial score (nSPS) is 10.6. The lowest BCUT2D eigenvalue weighted by Crippen LogP contribution is -2.15. The van der Waals surface area contributed by atoms with Crippen LogP contribution in [-0.4, -0.2) is 18.9 Å². The SMILES string of the molecule is COc1ccc2c(Cl)c(C(=O)Nc3cccc(NC(=O)Cc4ccccc4)c3)sc2c1. The van der Waals surface area contributed by atoms with Gasteiger partial charge in [-0.3, -0.25) is 9.59 Å². The maximum atomic E-state index is 12.8. The van der Waals surface area contributed by atoms with Crippen LogP contribution in [0.15, 0.2) is 72.8 Å². The third-order valence-electron chi connectivity index (χ3n) is 4.65. The number of carbonyl (C=O) groups excluding carboxylic acids is 2. The Balaban J connectivity index is 1.47. The van der Waals surface area contributed by atoms with Crippen molar-refractivity contribution < 1.29 is 14.3 Å². The summed E-state index contributed by atoms with van der Waals surface area (Å²) in [4.78, 5) is 25.6. The van der Waals surface area contributed by atoms with Crippen molar-refractivity contribution in [3.05, 3.63) is 88.3 Å². The van der Waals surface area contributed by atoms with Crippen molar-refractivity contribution in [2.24, 2.45) is 0 Å². The Morgan fingerprint density at radius 1 is 0.935 bits per heavy atom. The average molecular weight is 451 g/mol. The highest BCUT2D eigenvalue weighted by atomic mass is 35.5. The summed E-state index contributed by atoms with van der Waals surface area (Å²) >= 11 is 7.75. The molecular formula is C24H19ClN2O3S. The summed E-state index contributed by atoms with van der Waals surface area (Å²) in [6, 6.07) is 22.0. The van der Waals surface area contributed by atoms with Crippen LogP contribution < -0.4 is 15.4 Å². The Bertz CT molecular complexity index is 1250. The van der Waals surface area contributed by atoms with Crippen LogP contribution in [0, 0.1) is 0 Å². The third-order valence-corrected chi connectivity index (χ3v) is 6.31. The standard InChI is InChI=1S/C24H19ClN2O3S/c1-30-18-10-11-19-20(14-18)31-23(22(19)25)24(29)27-17-9-5-8-16(13-17)26-21(28)12-15-6-3-2-4-7-15/h2-11,13-14H,12H2,1H3,(H,26,28)(H,27,29). The van der Waals surface area contributed by atoms with Crippen molar-refractivity contribution in [3.8, 4) is 5.75 Å². The van der Waals surface area contributed by atoms with Gasteiger partial charge in [0.05, 0.1) is 18.6 Å². The molecule has 0 radical (unpaired) electrons. The van der Waals surface area contributed by atoms with E-state index in [0.717, 1.165) is 15.6 Å². The maximum Gasteiger partial charge on any atom is 0.267 e. The van der Waals surface area contributed by atoms with Crippen LogP contribution in [0.3, 0.4) is 0 Å². The molecule has 0 saturated heterocycles. The van der Waals surface area contributed by atoms with Crippen molar-refractivity contribution in [2.45, 2.75) is 6.42 Å². The van der Waals surface area contributed by atoms with E-state index in [0.29, 0.717) is 27.0 Å². The van der Waals surface area contributed by atoms with Gasteiger partial charge in [-0.15, -0.1) is 11.3 Å². The van der Waals surface area contributed by atoms with Gasteiger partial charge in [0.15, 0.2) is 0 Å². The maximum absolute atomic E-state index is 12.8. The van der Waals surface area contributed by atoms with E-state index in [-0.39, 0.29) is 18.2 Å². The van der Waals surface area contributed by atoms with Crippen LogP contribution >= 0.6 is 22.9 Å². The molecule has 4 rings (SSSR count). The number of hydrogen-bond acceptors (Lipinski definition) is 4. The lowest BCUT2D eigenvalue weighted by molar-refractivity contribution is -0.115.